The number of methoxy groups -OCH3 is 1. The Morgan fingerprint density at radius 1 is 0.969 bits per heavy atom. The third-order valence-electron chi connectivity index (χ3n) is 4.47. The van der Waals surface area contributed by atoms with Crippen molar-refractivity contribution in [2.24, 2.45) is 0 Å². The van der Waals surface area contributed by atoms with Crippen LogP contribution in [0, 0.1) is 0 Å². The van der Waals surface area contributed by atoms with Gasteiger partial charge in [0.25, 0.3) is 10.0 Å². The van der Waals surface area contributed by atoms with Crippen LogP contribution in [0.4, 0.5) is 5.69 Å². The van der Waals surface area contributed by atoms with E-state index in [2.05, 4.69) is 5.32 Å². The van der Waals surface area contributed by atoms with Crippen LogP contribution in [0.5, 0.6) is 11.5 Å². The molecular weight excluding hydrogens is 452 g/mol. The maximum Gasteiger partial charge on any atom is 0.264 e. The summed E-state index contributed by atoms with van der Waals surface area (Å²) in [5, 5.41) is 3.11. The number of hydrogen-bond donors (Lipinski definition) is 1. The highest BCUT2D eigenvalue weighted by atomic mass is 35.5. The van der Waals surface area contributed by atoms with Crippen LogP contribution in [0.15, 0.2) is 83.8 Å². The Labute approximate surface area is 192 Å². The fraction of sp³-hybridized carbons (Fsp3) is 0.174. The molecule has 0 spiro atoms. The fourth-order valence-electron chi connectivity index (χ4n) is 2.88. The van der Waals surface area contributed by atoms with Gasteiger partial charge in [-0.25, -0.2) is 8.42 Å². The number of carbonyl (C=O) groups excluding carboxylic acids is 1. The van der Waals surface area contributed by atoms with Crippen molar-refractivity contribution in [1.82, 2.24) is 5.32 Å². The standard InChI is InChI=1S/C23H23ClN2O5S/c1-30-20-8-5-9-21(16-20)31-15-14-25-23(27)17-26(19-6-3-2-4-7-19)32(28,29)22-12-10-18(24)11-13-22/h2-13,16H,14-15,17H2,1H3,(H,25,27). The summed E-state index contributed by atoms with van der Waals surface area (Å²) in [7, 11) is -2.41. The molecule has 0 fully saturated rings. The van der Waals surface area contributed by atoms with E-state index in [-0.39, 0.29) is 24.6 Å². The minimum atomic E-state index is -3.98. The molecule has 32 heavy (non-hydrogen) atoms. The number of nitrogens with zero attached hydrogens (tertiary/aromatic N) is 1. The SMILES string of the molecule is COc1cccc(OCCNC(=O)CN(c2ccccc2)S(=O)(=O)c2ccc(Cl)cc2)c1. The van der Waals surface area contributed by atoms with Gasteiger partial charge in [0.05, 0.1) is 24.2 Å². The lowest BCUT2D eigenvalue weighted by atomic mass is 10.3. The van der Waals surface area contributed by atoms with Crippen molar-refractivity contribution in [3.8, 4) is 11.5 Å². The van der Waals surface area contributed by atoms with E-state index >= 15 is 0 Å². The number of ether oxygens (including phenoxy) is 2. The zero-order valence-electron chi connectivity index (χ0n) is 17.4. The normalized spacial score (nSPS) is 10.9. The highest BCUT2D eigenvalue weighted by Crippen LogP contribution is 2.24. The molecule has 9 heteroatoms. The Morgan fingerprint density at radius 2 is 1.66 bits per heavy atom. The Kier molecular flexibility index (Phi) is 7.97. The van der Waals surface area contributed by atoms with Crippen LogP contribution in [-0.4, -0.2) is 41.1 Å². The molecule has 0 aliphatic carbocycles. The van der Waals surface area contributed by atoms with Gasteiger partial charge in [-0.1, -0.05) is 35.9 Å². The van der Waals surface area contributed by atoms with Crippen molar-refractivity contribution >= 4 is 33.2 Å². The molecule has 0 heterocycles. The molecule has 3 aromatic carbocycles. The third kappa shape index (κ3) is 6.15. The van der Waals surface area contributed by atoms with E-state index < -0.39 is 15.9 Å². The molecule has 0 unspecified atom stereocenters. The van der Waals surface area contributed by atoms with Crippen LogP contribution in [0.2, 0.25) is 5.02 Å². The van der Waals surface area contributed by atoms with Crippen LogP contribution >= 0.6 is 11.6 Å². The van der Waals surface area contributed by atoms with E-state index in [0.29, 0.717) is 22.2 Å². The first-order valence-corrected chi connectivity index (χ1v) is 11.6. The van der Waals surface area contributed by atoms with E-state index in [1.807, 2.05) is 0 Å². The summed E-state index contributed by atoms with van der Waals surface area (Å²) in [6.45, 7) is 0.0436. The summed E-state index contributed by atoms with van der Waals surface area (Å²) in [5.74, 6) is 0.813. The van der Waals surface area contributed by atoms with E-state index in [9.17, 15) is 13.2 Å². The number of rotatable bonds is 10. The van der Waals surface area contributed by atoms with Gasteiger partial charge < -0.3 is 14.8 Å². The van der Waals surface area contributed by atoms with Crippen LogP contribution in [-0.2, 0) is 14.8 Å². The lowest BCUT2D eigenvalue weighted by Crippen LogP contribution is -2.41. The van der Waals surface area contributed by atoms with Crippen LogP contribution in [0.3, 0.4) is 0 Å². The van der Waals surface area contributed by atoms with Crippen molar-refractivity contribution in [2.45, 2.75) is 4.90 Å². The molecule has 168 valence electrons. The zero-order valence-corrected chi connectivity index (χ0v) is 19.0. The van der Waals surface area contributed by atoms with Crippen molar-refractivity contribution < 1.29 is 22.7 Å². The van der Waals surface area contributed by atoms with Crippen LogP contribution in [0.25, 0.3) is 0 Å². The topological polar surface area (TPSA) is 84.9 Å². The lowest BCUT2D eigenvalue weighted by Gasteiger charge is -2.24. The van der Waals surface area contributed by atoms with Crippen molar-refractivity contribution in [3.05, 3.63) is 83.9 Å². The average Bonchev–Trinajstić information content (AvgIpc) is 2.81. The third-order valence-corrected chi connectivity index (χ3v) is 6.51. The number of amides is 1. The summed E-state index contributed by atoms with van der Waals surface area (Å²) in [6.07, 6.45) is 0. The number of carbonyl (C=O) groups is 1. The Balaban J connectivity index is 1.65. The molecule has 0 saturated heterocycles. The molecule has 1 N–H and O–H groups in total. The van der Waals surface area contributed by atoms with Crippen LogP contribution < -0.4 is 19.1 Å². The van der Waals surface area contributed by atoms with E-state index in [4.69, 9.17) is 21.1 Å². The van der Waals surface area contributed by atoms with Gasteiger partial charge in [-0.15, -0.1) is 0 Å². The minimum absolute atomic E-state index is 0.0416. The molecule has 0 aliphatic rings. The molecule has 1 amide bonds. The highest BCUT2D eigenvalue weighted by molar-refractivity contribution is 7.92. The second-order valence-corrected chi connectivity index (χ2v) is 8.98. The van der Waals surface area contributed by atoms with E-state index in [1.54, 1.807) is 61.7 Å². The molecule has 0 bridgehead atoms. The highest BCUT2D eigenvalue weighted by Gasteiger charge is 2.27. The summed E-state index contributed by atoms with van der Waals surface area (Å²) >= 11 is 5.88. The van der Waals surface area contributed by atoms with Crippen LogP contribution in [0.1, 0.15) is 0 Å². The summed E-state index contributed by atoms with van der Waals surface area (Å²) in [4.78, 5) is 12.6. The van der Waals surface area contributed by atoms with Gasteiger partial charge in [0.1, 0.15) is 24.7 Å². The number of anilines is 1. The molecule has 0 radical (unpaired) electrons. The minimum Gasteiger partial charge on any atom is -0.497 e. The Hall–Kier alpha value is -3.23. The molecule has 3 rings (SSSR count). The van der Waals surface area contributed by atoms with E-state index in [1.165, 1.54) is 24.3 Å². The van der Waals surface area contributed by atoms with Gasteiger partial charge in [-0.05, 0) is 48.5 Å². The lowest BCUT2D eigenvalue weighted by molar-refractivity contribution is -0.119. The number of nitrogens with one attached hydrogen (secondary N) is 1. The van der Waals surface area contributed by atoms with Gasteiger partial charge in [0, 0.05) is 11.1 Å². The molecule has 0 aromatic heterocycles. The second kappa shape index (κ2) is 10.9. The summed E-state index contributed by atoms with van der Waals surface area (Å²) in [5.41, 5.74) is 0.380. The summed E-state index contributed by atoms with van der Waals surface area (Å²) < 4.78 is 38.2. The fourth-order valence-corrected chi connectivity index (χ4v) is 4.43. The predicted molar refractivity (Wildman–Crippen MR) is 124 cm³/mol. The smallest absolute Gasteiger partial charge is 0.264 e. The van der Waals surface area contributed by atoms with E-state index in [0.717, 1.165) is 4.31 Å². The largest absolute Gasteiger partial charge is 0.497 e. The number of halogens is 1. The number of hydrogen-bond acceptors (Lipinski definition) is 5. The molecule has 0 atom stereocenters. The zero-order chi connectivity index (χ0) is 23.0. The molecule has 0 aliphatic heterocycles. The quantitative estimate of drug-likeness (QED) is 0.452. The maximum absolute atomic E-state index is 13.2. The monoisotopic (exact) mass is 474 g/mol. The second-order valence-electron chi connectivity index (χ2n) is 6.68. The first kappa shape index (κ1) is 23.4. The number of para-hydroxylation sites is 1. The number of benzene rings is 3. The summed E-state index contributed by atoms with van der Waals surface area (Å²) in [6, 6.07) is 21.4. The maximum atomic E-state index is 13.2. The number of sulfonamides is 1. The van der Waals surface area contributed by atoms with Gasteiger partial charge in [-0.2, -0.15) is 0 Å². The molecule has 7 nitrogen and oxygen atoms in total. The molecule has 0 saturated carbocycles. The first-order chi connectivity index (χ1) is 15.4. The predicted octanol–water partition coefficient (Wildman–Crippen LogP) is 3.74. The van der Waals surface area contributed by atoms with Gasteiger partial charge in [0.15, 0.2) is 0 Å². The van der Waals surface area contributed by atoms with Crippen molar-refractivity contribution in [3.63, 3.8) is 0 Å². The Morgan fingerprint density at radius 3 is 2.34 bits per heavy atom. The molecular formula is C23H23ClN2O5S. The van der Waals surface area contributed by atoms with Crippen molar-refractivity contribution in [2.75, 3.05) is 31.1 Å². The first-order valence-electron chi connectivity index (χ1n) is 9.77. The van der Waals surface area contributed by atoms with Gasteiger partial charge in [-0.3, -0.25) is 9.10 Å². The average molecular weight is 475 g/mol. The Bertz CT molecular complexity index is 1140. The van der Waals surface area contributed by atoms with Gasteiger partial charge >= 0.3 is 0 Å². The van der Waals surface area contributed by atoms with Crippen molar-refractivity contribution in [1.29, 1.82) is 0 Å². The van der Waals surface area contributed by atoms with Gasteiger partial charge in [0.2, 0.25) is 5.91 Å². The molecule has 3 aromatic rings.